The van der Waals surface area contributed by atoms with E-state index in [1.807, 2.05) is 12.1 Å². The van der Waals surface area contributed by atoms with Crippen molar-refractivity contribution in [2.75, 3.05) is 38.0 Å². The highest BCUT2D eigenvalue weighted by atomic mass is 16.3. The monoisotopic (exact) mass is 1330 g/mol. The molecule has 0 spiro atoms. The minimum atomic E-state index is 0.0245. The Kier molecular flexibility index (Phi) is 20.4. The molecule has 0 aliphatic rings. The third kappa shape index (κ3) is 13.1. The molecule has 14 aromatic rings. The van der Waals surface area contributed by atoms with Gasteiger partial charge in [-0.15, -0.1) is 0 Å². The van der Waals surface area contributed by atoms with Gasteiger partial charge in [-0.3, -0.25) is 0 Å². The van der Waals surface area contributed by atoms with Crippen LogP contribution in [0.15, 0.2) is 158 Å². The van der Waals surface area contributed by atoms with E-state index >= 15 is 0 Å². The Morgan fingerprint density at radius 1 is 0.310 bits per heavy atom. The fourth-order valence-electron chi connectivity index (χ4n) is 14.8. The molecule has 100 heavy (non-hydrogen) atoms. The van der Waals surface area contributed by atoms with E-state index in [0.29, 0.717) is 0 Å². The van der Waals surface area contributed by atoms with E-state index in [9.17, 15) is 10.2 Å². The molecule has 4 heterocycles. The van der Waals surface area contributed by atoms with Gasteiger partial charge in [-0.1, -0.05) is 103 Å². The van der Waals surface area contributed by atoms with Gasteiger partial charge in [0.2, 0.25) is 44.8 Å². The molecule has 10 aromatic carbocycles. The van der Waals surface area contributed by atoms with Gasteiger partial charge >= 0.3 is 0 Å². The van der Waals surface area contributed by atoms with Gasteiger partial charge in [-0.2, -0.15) is 18.3 Å². The Hall–Kier alpha value is -10.4. The number of anilines is 2. The summed E-state index contributed by atoms with van der Waals surface area (Å²) in [5.41, 5.74) is 39.0. The molecule has 0 fully saturated rings. The Morgan fingerprint density at radius 2 is 0.640 bits per heavy atom. The number of nitrogens with zero attached hydrogens (tertiary/aromatic N) is 10. The van der Waals surface area contributed by atoms with Gasteiger partial charge in [-0.25, -0.2) is 19.9 Å². The molecule has 4 aromatic heterocycles. The van der Waals surface area contributed by atoms with E-state index in [1.54, 1.807) is 0 Å². The van der Waals surface area contributed by atoms with Crippen molar-refractivity contribution >= 4 is 77.1 Å². The predicted molar refractivity (Wildman–Crippen MR) is 415 cm³/mol. The van der Waals surface area contributed by atoms with Crippen molar-refractivity contribution in [1.82, 2.24) is 19.9 Å². The van der Waals surface area contributed by atoms with Gasteiger partial charge in [0.15, 0.2) is 0 Å². The SMILES string of the molecule is Cc1cc(CO)cc(-c2c(C)nc3c(C)cccc3[n+]2C)c1C.Cc1cc(N(C)C)cc(-c2c(C)nc3c(C)cccc3[n+]2C)c1C.Cc1nc2c(C)cccc2[n+](C)c1-c1cc(CO)c2ccccc2c1C.Cc1nc2c(C)cccc2[n+](C)c1-c1cc(N(C)C)c2ccccc2c1C. The Balaban J connectivity index is 0.000000135. The zero-order valence-electron chi connectivity index (χ0n) is 62.8. The molecule has 0 atom stereocenters. The van der Waals surface area contributed by atoms with Crippen LogP contribution in [-0.4, -0.2) is 58.3 Å². The number of hydrogen-bond acceptors (Lipinski definition) is 8. The van der Waals surface area contributed by atoms with Crippen molar-refractivity contribution < 1.29 is 28.5 Å². The second-order valence-electron chi connectivity index (χ2n) is 27.7. The standard InChI is InChI=1S/C24H26N3.C23H23N2O.C21H26N3.C20H23N2O/c1-15-10-9-13-21-23(15)25-17(3)24(27(21)6)20-14-22(26(4)5)19-12-8-7-11-18(19)16(20)2;1-14-8-7-11-21-22(14)24-16(3)23(25(21)4)20-12-17(13-26)19-10-6-5-9-18(19)15(20)2;1-13-9-8-10-19-20(13)22-16(4)21(24(19)7)18-12-17(23(5)6)11-14(2)15(18)3;1-12-7-6-8-18-19(12)21-15(4)20(22(18)5)17-10-16(11-23)9-13(2)14(17)3/h7-14H,1-6H3;5-12,26H,13H2,1-4H3;8-12H,1-7H3;6-10,23H,11H2,1-5H3/q4*+1. The normalized spacial score (nSPS) is 11.3. The maximum atomic E-state index is 9.92. The number of rotatable bonds is 8. The molecule has 12 heteroatoms. The molecule has 0 radical (unpaired) electrons. The number of aliphatic hydroxyl groups excluding tert-OH is 2. The first kappa shape index (κ1) is 70.9. The minimum Gasteiger partial charge on any atom is -0.392 e. The van der Waals surface area contributed by atoms with Crippen molar-refractivity contribution in [1.29, 1.82) is 0 Å². The summed E-state index contributed by atoms with van der Waals surface area (Å²) in [6.07, 6.45) is 0. The smallest absolute Gasteiger partial charge is 0.234 e. The van der Waals surface area contributed by atoms with Crippen LogP contribution in [-0.2, 0) is 41.4 Å². The first-order chi connectivity index (χ1) is 47.7. The molecule has 508 valence electrons. The quantitative estimate of drug-likeness (QED) is 0.145. The van der Waals surface area contributed by atoms with Crippen LogP contribution in [0.4, 0.5) is 11.4 Å². The highest BCUT2D eigenvalue weighted by Crippen LogP contribution is 2.39. The zero-order chi connectivity index (χ0) is 72.0. The van der Waals surface area contributed by atoms with Gasteiger partial charge < -0.3 is 20.0 Å². The third-order valence-electron chi connectivity index (χ3n) is 20.6. The van der Waals surface area contributed by atoms with Crippen LogP contribution >= 0.6 is 0 Å². The molecular weight excluding hydrogens is 1230 g/mol. The van der Waals surface area contributed by atoms with Crippen molar-refractivity contribution in [3.63, 3.8) is 0 Å². The molecule has 0 amide bonds. The average Bonchev–Trinajstić information content (AvgIpc) is 0.767. The van der Waals surface area contributed by atoms with Crippen LogP contribution < -0.4 is 28.1 Å². The summed E-state index contributed by atoms with van der Waals surface area (Å²) in [6, 6.07) is 55.3. The van der Waals surface area contributed by atoms with E-state index in [2.05, 4.69) is 327 Å². The van der Waals surface area contributed by atoms with Crippen LogP contribution in [0.2, 0.25) is 0 Å². The number of para-hydroxylation sites is 4. The lowest BCUT2D eigenvalue weighted by Crippen LogP contribution is -2.34. The number of fused-ring (bicyclic) bond motifs is 6. The molecule has 0 aliphatic carbocycles. The van der Waals surface area contributed by atoms with Crippen molar-refractivity contribution in [2.45, 2.75) is 110 Å². The van der Waals surface area contributed by atoms with Gasteiger partial charge in [0.1, 0.15) is 73.0 Å². The van der Waals surface area contributed by atoms with Gasteiger partial charge in [0.25, 0.3) is 0 Å². The predicted octanol–water partition coefficient (Wildman–Crippen LogP) is 16.6. The summed E-state index contributed by atoms with van der Waals surface area (Å²) in [6.45, 7) is 29.8. The molecule has 0 aliphatic heterocycles. The van der Waals surface area contributed by atoms with Gasteiger partial charge in [0, 0.05) is 69.2 Å². The number of aryl methyl sites for hydroxylation is 16. The molecule has 14 rings (SSSR count). The first-order valence-corrected chi connectivity index (χ1v) is 34.5. The van der Waals surface area contributed by atoms with Crippen LogP contribution in [0.5, 0.6) is 0 Å². The second-order valence-corrected chi connectivity index (χ2v) is 27.7. The van der Waals surface area contributed by atoms with Crippen molar-refractivity contribution in [3.05, 3.63) is 247 Å². The molecule has 0 saturated heterocycles. The lowest BCUT2D eigenvalue weighted by atomic mass is 9.93. The van der Waals surface area contributed by atoms with E-state index in [-0.39, 0.29) is 13.2 Å². The van der Waals surface area contributed by atoms with E-state index < -0.39 is 0 Å². The van der Waals surface area contributed by atoms with Crippen molar-refractivity contribution in [3.8, 4) is 45.0 Å². The topological polar surface area (TPSA) is 114 Å². The highest BCUT2D eigenvalue weighted by molar-refractivity contribution is 6.01. The molecule has 0 bridgehead atoms. The van der Waals surface area contributed by atoms with E-state index in [0.717, 1.165) is 100 Å². The molecule has 2 N–H and O–H groups in total. The summed E-state index contributed by atoms with van der Waals surface area (Å²) >= 11 is 0. The van der Waals surface area contributed by atoms with Crippen LogP contribution in [0.3, 0.4) is 0 Å². The molecule has 0 unspecified atom stereocenters. The van der Waals surface area contributed by atoms with Crippen LogP contribution in [0.25, 0.3) is 111 Å². The molecular formula is C88H98N10O2+4. The summed E-state index contributed by atoms with van der Waals surface area (Å²) in [7, 11) is 16.9. The summed E-state index contributed by atoms with van der Waals surface area (Å²) in [4.78, 5) is 24.0. The zero-order valence-corrected chi connectivity index (χ0v) is 62.8. The molecule has 12 nitrogen and oxygen atoms in total. The summed E-state index contributed by atoms with van der Waals surface area (Å²) < 4.78 is 9.02. The Morgan fingerprint density at radius 3 is 1.00 bits per heavy atom. The third-order valence-corrected chi connectivity index (χ3v) is 20.6. The number of aromatic nitrogens is 8. The summed E-state index contributed by atoms with van der Waals surface area (Å²) in [5.74, 6) is 0. The van der Waals surface area contributed by atoms with Crippen LogP contribution in [0.1, 0.15) is 89.5 Å². The maximum absolute atomic E-state index is 9.92. The number of aliphatic hydroxyl groups is 2. The minimum absolute atomic E-state index is 0.0245. The molecule has 0 saturated carbocycles. The fraction of sp³-hybridized carbons (Fsp3) is 0.273. The second kappa shape index (κ2) is 28.8. The van der Waals surface area contributed by atoms with Gasteiger partial charge in [0.05, 0.1) is 35.5 Å². The number of hydrogen-bond donors (Lipinski definition) is 2. The average molecular weight is 1330 g/mol. The van der Waals surface area contributed by atoms with Gasteiger partial charge in [-0.05, 0) is 210 Å². The fourth-order valence-corrected chi connectivity index (χ4v) is 14.8. The van der Waals surface area contributed by atoms with Crippen LogP contribution in [0, 0.1) is 96.9 Å². The lowest BCUT2D eigenvalue weighted by molar-refractivity contribution is -0.634. The number of benzene rings is 10. The van der Waals surface area contributed by atoms with E-state index in [4.69, 9.17) is 19.9 Å². The summed E-state index contributed by atoms with van der Waals surface area (Å²) in [5, 5.41) is 24.3. The lowest BCUT2D eigenvalue weighted by Gasteiger charge is -2.19. The Labute approximate surface area is 590 Å². The largest absolute Gasteiger partial charge is 0.392 e. The highest BCUT2D eigenvalue weighted by Gasteiger charge is 2.28. The first-order valence-electron chi connectivity index (χ1n) is 34.5. The van der Waals surface area contributed by atoms with E-state index in [1.165, 1.54) is 111 Å². The maximum Gasteiger partial charge on any atom is 0.234 e. The van der Waals surface area contributed by atoms with Crippen molar-refractivity contribution in [2.24, 2.45) is 28.2 Å². The Bertz CT molecular complexity index is 5580.